The lowest BCUT2D eigenvalue weighted by molar-refractivity contribution is -0.0631. The predicted molar refractivity (Wildman–Crippen MR) is 73.5 cm³/mol. The van der Waals surface area contributed by atoms with Gasteiger partial charge in [0.05, 0.1) is 19.3 Å². The highest BCUT2D eigenvalue weighted by Crippen LogP contribution is 2.20. The first-order valence-corrected chi connectivity index (χ1v) is 6.33. The van der Waals surface area contributed by atoms with Crippen LogP contribution in [0.4, 0.5) is 5.69 Å². The average Bonchev–Trinajstić information content (AvgIpc) is 2.36. The van der Waals surface area contributed by atoms with Gasteiger partial charge in [-0.2, -0.15) is 0 Å². The van der Waals surface area contributed by atoms with Crippen molar-refractivity contribution in [3.8, 4) is 5.75 Å². The molecular formula is C14H22N2O2. The minimum atomic E-state index is 0.0369. The normalized spacial score (nSPS) is 17.1. The Morgan fingerprint density at radius 1 is 1.39 bits per heavy atom. The maximum absolute atomic E-state index is 5.88. The maximum atomic E-state index is 5.88. The molecule has 4 nitrogen and oxygen atoms in total. The number of likely N-dealkylation sites (N-methyl/N-ethyl adjacent to an activating group) is 1. The number of hydrogen-bond donors (Lipinski definition) is 1. The van der Waals surface area contributed by atoms with Crippen LogP contribution < -0.4 is 15.0 Å². The van der Waals surface area contributed by atoms with E-state index < -0.39 is 0 Å². The van der Waals surface area contributed by atoms with E-state index in [0.717, 1.165) is 37.7 Å². The van der Waals surface area contributed by atoms with Gasteiger partial charge in [0.15, 0.2) is 0 Å². The van der Waals surface area contributed by atoms with Gasteiger partial charge < -0.3 is 19.7 Å². The van der Waals surface area contributed by atoms with Crippen LogP contribution in [0.5, 0.6) is 5.75 Å². The maximum Gasteiger partial charge on any atom is 0.120 e. The summed E-state index contributed by atoms with van der Waals surface area (Å²) >= 11 is 0. The molecule has 1 aliphatic heterocycles. The molecule has 0 aromatic heterocycles. The third kappa shape index (κ3) is 3.15. The summed E-state index contributed by atoms with van der Waals surface area (Å²) in [5.41, 5.74) is 1.18. The van der Waals surface area contributed by atoms with Crippen LogP contribution in [0.2, 0.25) is 0 Å². The van der Waals surface area contributed by atoms with Crippen LogP contribution in [0.3, 0.4) is 0 Å². The van der Waals surface area contributed by atoms with E-state index in [2.05, 4.69) is 30.3 Å². The molecule has 1 N–H and O–H groups in total. The quantitative estimate of drug-likeness (QED) is 0.830. The smallest absolute Gasteiger partial charge is 0.120 e. The molecule has 0 spiro atoms. The van der Waals surface area contributed by atoms with Crippen molar-refractivity contribution in [1.29, 1.82) is 0 Å². The Bertz CT molecular complexity index is 391. The highest BCUT2D eigenvalue weighted by Gasteiger charge is 2.32. The third-order valence-corrected chi connectivity index (χ3v) is 3.37. The Hall–Kier alpha value is -1.26. The fourth-order valence-corrected chi connectivity index (χ4v) is 1.99. The van der Waals surface area contributed by atoms with Gasteiger partial charge in [-0.15, -0.1) is 0 Å². The molecule has 100 valence electrons. The first-order chi connectivity index (χ1) is 8.63. The van der Waals surface area contributed by atoms with Crippen molar-refractivity contribution in [3.63, 3.8) is 0 Å². The van der Waals surface area contributed by atoms with Crippen LogP contribution >= 0.6 is 0 Å². The number of ether oxygens (including phenoxy) is 2. The van der Waals surface area contributed by atoms with E-state index in [1.54, 1.807) is 7.11 Å². The van der Waals surface area contributed by atoms with Crippen LogP contribution in [-0.2, 0) is 4.74 Å². The van der Waals surface area contributed by atoms with Gasteiger partial charge in [-0.1, -0.05) is 6.07 Å². The van der Waals surface area contributed by atoms with Crippen molar-refractivity contribution in [1.82, 2.24) is 5.32 Å². The summed E-state index contributed by atoms with van der Waals surface area (Å²) in [4.78, 5) is 2.18. The first kappa shape index (κ1) is 13.2. The Morgan fingerprint density at radius 3 is 2.78 bits per heavy atom. The molecule has 4 heteroatoms. The number of methoxy groups -OCH3 is 1. The van der Waals surface area contributed by atoms with Crippen molar-refractivity contribution < 1.29 is 9.47 Å². The monoisotopic (exact) mass is 250 g/mol. The van der Waals surface area contributed by atoms with Crippen molar-refractivity contribution in [2.24, 2.45) is 0 Å². The van der Waals surface area contributed by atoms with Gasteiger partial charge >= 0.3 is 0 Å². The first-order valence-electron chi connectivity index (χ1n) is 6.33. The molecule has 0 atom stereocenters. The van der Waals surface area contributed by atoms with Crippen molar-refractivity contribution in [2.45, 2.75) is 12.5 Å². The number of hydrogen-bond acceptors (Lipinski definition) is 4. The molecule has 2 rings (SSSR count). The Morgan fingerprint density at radius 2 is 2.17 bits per heavy atom. The van der Waals surface area contributed by atoms with Crippen molar-refractivity contribution >= 4 is 5.69 Å². The molecule has 1 aliphatic rings. The Labute approximate surface area is 109 Å². The number of benzene rings is 1. The van der Waals surface area contributed by atoms with Crippen LogP contribution in [0.1, 0.15) is 6.92 Å². The minimum absolute atomic E-state index is 0.0369. The molecule has 1 aromatic carbocycles. The molecular weight excluding hydrogens is 228 g/mol. The zero-order chi connectivity index (χ0) is 13.0. The van der Waals surface area contributed by atoms with Crippen LogP contribution in [0.15, 0.2) is 24.3 Å². The van der Waals surface area contributed by atoms with E-state index in [-0.39, 0.29) is 5.60 Å². The molecule has 1 aromatic rings. The number of rotatable bonds is 6. The van der Waals surface area contributed by atoms with Crippen LogP contribution in [0, 0.1) is 0 Å². The largest absolute Gasteiger partial charge is 0.497 e. The number of nitrogens with zero attached hydrogens (tertiary/aromatic N) is 1. The molecule has 1 heterocycles. The summed E-state index contributed by atoms with van der Waals surface area (Å²) in [7, 11) is 3.76. The third-order valence-electron chi connectivity index (χ3n) is 3.37. The van der Waals surface area contributed by atoms with Crippen molar-refractivity contribution in [2.75, 3.05) is 45.3 Å². The summed E-state index contributed by atoms with van der Waals surface area (Å²) in [5.74, 6) is 0.885. The average molecular weight is 250 g/mol. The lowest BCUT2D eigenvalue weighted by Gasteiger charge is -2.39. The van der Waals surface area contributed by atoms with Gasteiger partial charge in [0.25, 0.3) is 0 Å². The van der Waals surface area contributed by atoms with E-state index in [9.17, 15) is 0 Å². The molecule has 0 bridgehead atoms. The molecule has 0 saturated carbocycles. The fraction of sp³-hybridized carbons (Fsp3) is 0.571. The predicted octanol–water partition coefficient (Wildman–Crippen LogP) is 1.51. The van der Waals surface area contributed by atoms with Gasteiger partial charge in [-0.3, -0.25) is 0 Å². The molecule has 1 saturated heterocycles. The fourth-order valence-electron chi connectivity index (χ4n) is 1.99. The zero-order valence-electron chi connectivity index (χ0n) is 11.4. The second-order valence-electron chi connectivity index (χ2n) is 5.02. The molecule has 0 unspecified atom stereocenters. The Balaban J connectivity index is 1.81. The van der Waals surface area contributed by atoms with E-state index in [0.29, 0.717) is 0 Å². The zero-order valence-corrected chi connectivity index (χ0v) is 11.4. The summed E-state index contributed by atoms with van der Waals surface area (Å²) in [6.45, 7) is 5.68. The van der Waals surface area contributed by atoms with E-state index in [1.807, 2.05) is 18.2 Å². The summed E-state index contributed by atoms with van der Waals surface area (Å²) < 4.78 is 11.1. The molecule has 1 fully saturated rings. The van der Waals surface area contributed by atoms with Gasteiger partial charge in [0.2, 0.25) is 0 Å². The molecule has 0 aliphatic carbocycles. The van der Waals surface area contributed by atoms with Crippen LogP contribution in [0.25, 0.3) is 0 Å². The summed E-state index contributed by atoms with van der Waals surface area (Å²) in [6, 6.07) is 8.07. The topological polar surface area (TPSA) is 33.7 Å². The second-order valence-corrected chi connectivity index (χ2v) is 5.02. The Kier molecular flexibility index (Phi) is 4.09. The van der Waals surface area contributed by atoms with Crippen LogP contribution in [-0.4, -0.2) is 46.0 Å². The standard InChI is InChI=1S/C14H22N2O2/c1-14(10-15-11-14)18-8-7-16(2)12-5-4-6-13(9-12)17-3/h4-6,9,15H,7-8,10-11H2,1-3H3. The van der Waals surface area contributed by atoms with Gasteiger partial charge in [-0.25, -0.2) is 0 Å². The molecule has 0 radical (unpaired) electrons. The summed E-state index contributed by atoms with van der Waals surface area (Å²) in [5, 5.41) is 3.23. The van der Waals surface area contributed by atoms with E-state index in [1.165, 1.54) is 0 Å². The number of anilines is 1. The highest BCUT2D eigenvalue weighted by atomic mass is 16.5. The molecule has 18 heavy (non-hydrogen) atoms. The molecule has 0 amide bonds. The van der Waals surface area contributed by atoms with E-state index >= 15 is 0 Å². The van der Waals surface area contributed by atoms with Gasteiger partial charge in [0, 0.05) is 38.4 Å². The SMILES string of the molecule is COc1cccc(N(C)CCOC2(C)CNC2)c1. The lowest BCUT2D eigenvalue weighted by atomic mass is 10.0. The second kappa shape index (κ2) is 5.59. The lowest BCUT2D eigenvalue weighted by Crippen LogP contribution is -2.59. The van der Waals surface area contributed by atoms with Gasteiger partial charge in [-0.05, 0) is 19.1 Å². The number of nitrogens with one attached hydrogen (secondary N) is 1. The summed E-state index contributed by atoms with van der Waals surface area (Å²) in [6.07, 6.45) is 0. The van der Waals surface area contributed by atoms with Gasteiger partial charge in [0.1, 0.15) is 5.75 Å². The van der Waals surface area contributed by atoms with E-state index in [4.69, 9.17) is 9.47 Å². The van der Waals surface area contributed by atoms with Crippen molar-refractivity contribution in [3.05, 3.63) is 24.3 Å². The highest BCUT2D eigenvalue weighted by molar-refractivity contribution is 5.50. The minimum Gasteiger partial charge on any atom is -0.497 e.